The summed E-state index contributed by atoms with van der Waals surface area (Å²) in [4.78, 5) is 4.54. The van der Waals surface area contributed by atoms with E-state index in [0.717, 1.165) is 22.5 Å². The van der Waals surface area contributed by atoms with Gasteiger partial charge in [-0.3, -0.25) is 0 Å². The zero-order valence-corrected chi connectivity index (χ0v) is 11.7. The third-order valence-corrected chi connectivity index (χ3v) is 3.63. The van der Waals surface area contributed by atoms with Crippen molar-refractivity contribution < 1.29 is 0 Å². The first-order valence-corrected chi connectivity index (χ1v) is 6.29. The highest BCUT2D eigenvalue weighted by Crippen LogP contribution is 2.21. The van der Waals surface area contributed by atoms with Crippen molar-refractivity contribution in [3.63, 3.8) is 0 Å². The molecule has 16 heavy (non-hydrogen) atoms. The molecule has 0 aliphatic heterocycles. The molecular formula is C12H16BrN3. The van der Waals surface area contributed by atoms with Crippen molar-refractivity contribution in [3.8, 4) is 0 Å². The van der Waals surface area contributed by atoms with Crippen molar-refractivity contribution in [2.75, 3.05) is 0 Å². The molecule has 2 aromatic rings. The van der Waals surface area contributed by atoms with Gasteiger partial charge >= 0.3 is 0 Å². The van der Waals surface area contributed by atoms with E-state index in [9.17, 15) is 0 Å². The summed E-state index contributed by atoms with van der Waals surface area (Å²) in [6, 6.07) is 2.08. The lowest BCUT2D eigenvalue weighted by Crippen LogP contribution is -1.98. The van der Waals surface area contributed by atoms with E-state index in [1.54, 1.807) is 0 Å². The molecule has 0 unspecified atom stereocenters. The van der Waals surface area contributed by atoms with E-state index in [-0.39, 0.29) is 0 Å². The predicted octanol–water partition coefficient (Wildman–Crippen LogP) is 3.31. The average Bonchev–Trinajstić information content (AvgIpc) is 2.56. The van der Waals surface area contributed by atoms with Gasteiger partial charge in [-0.1, -0.05) is 13.8 Å². The second-order valence-electron chi connectivity index (χ2n) is 4.64. The van der Waals surface area contributed by atoms with Crippen LogP contribution in [0.4, 0.5) is 0 Å². The van der Waals surface area contributed by atoms with Gasteiger partial charge in [-0.05, 0) is 52.9 Å². The molecule has 3 nitrogen and oxygen atoms in total. The summed E-state index contributed by atoms with van der Waals surface area (Å²) in [5.74, 6) is 1.50. The van der Waals surface area contributed by atoms with Crippen molar-refractivity contribution in [1.29, 1.82) is 0 Å². The van der Waals surface area contributed by atoms with Crippen LogP contribution in [0.1, 0.15) is 30.8 Å². The highest BCUT2D eigenvalue weighted by Gasteiger charge is 2.10. The maximum Gasteiger partial charge on any atom is 0.157 e. The first-order valence-electron chi connectivity index (χ1n) is 5.50. The van der Waals surface area contributed by atoms with Crippen molar-refractivity contribution in [2.24, 2.45) is 5.92 Å². The Kier molecular flexibility index (Phi) is 3.02. The van der Waals surface area contributed by atoms with Gasteiger partial charge in [0.2, 0.25) is 0 Å². The Morgan fingerprint density at radius 3 is 2.69 bits per heavy atom. The van der Waals surface area contributed by atoms with E-state index >= 15 is 0 Å². The summed E-state index contributed by atoms with van der Waals surface area (Å²) in [5.41, 5.74) is 3.38. The lowest BCUT2D eigenvalue weighted by molar-refractivity contribution is 0.619. The van der Waals surface area contributed by atoms with Crippen LogP contribution in [-0.4, -0.2) is 14.6 Å². The Bertz CT molecular complexity index is 529. The summed E-state index contributed by atoms with van der Waals surface area (Å²) in [6.45, 7) is 8.54. The van der Waals surface area contributed by atoms with E-state index in [2.05, 4.69) is 59.8 Å². The van der Waals surface area contributed by atoms with E-state index in [4.69, 9.17) is 0 Å². The van der Waals surface area contributed by atoms with Gasteiger partial charge in [-0.2, -0.15) is 5.10 Å². The largest absolute Gasteiger partial charge is 0.212 e. The number of aromatic nitrogens is 3. The van der Waals surface area contributed by atoms with Gasteiger partial charge in [0.1, 0.15) is 4.60 Å². The molecule has 0 saturated heterocycles. The second kappa shape index (κ2) is 4.17. The number of rotatable bonds is 2. The molecule has 0 amide bonds. The normalized spacial score (nSPS) is 11.6. The van der Waals surface area contributed by atoms with Gasteiger partial charge < -0.3 is 0 Å². The van der Waals surface area contributed by atoms with Gasteiger partial charge in [-0.15, -0.1) is 0 Å². The summed E-state index contributed by atoms with van der Waals surface area (Å²) < 4.78 is 2.88. The van der Waals surface area contributed by atoms with Crippen LogP contribution < -0.4 is 0 Å². The highest BCUT2D eigenvalue weighted by molar-refractivity contribution is 9.10. The van der Waals surface area contributed by atoms with Crippen LogP contribution in [0.2, 0.25) is 0 Å². The highest BCUT2D eigenvalue weighted by atomic mass is 79.9. The Morgan fingerprint density at radius 1 is 1.38 bits per heavy atom. The van der Waals surface area contributed by atoms with E-state index in [1.807, 2.05) is 4.52 Å². The standard InChI is InChI=1S/C12H16BrN3/c1-7(2)5-10-14-11-6-8(3)9(4)12(13)16(11)15-10/h6-7H,5H2,1-4H3. The van der Waals surface area contributed by atoms with Crippen LogP contribution in [0.3, 0.4) is 0 Å². The molecule has 0 saturated carbocycles. The Labute approximate surface area is 104 Å². The lowest BCUT2D eigenvalue weighted by Gasteiger charge is -2.03. The van der Waals surface area contributed by atoms with Gasteiger partial charge in [0.05, 0.1) is 0 Å². The molecule has 0 spiro atoms. The number of hydrogen-bond acceptors (Lipinski definition) is 2. The molecule has 4 heteroatoms. The smallest absolute Gasteiger partial charge is 0.157 e. The third kappa shape index (κ3) is 1.98. The third-order valence-electron chi connectivity index (χ3n) is 2.70. The first kappa shape index (κ1) is 11.6. The van der Waals surface area contributed by atoms with Crippen LogP contribution in [0.15, 0.2) is 10.7 Å². The molecule has 2 aromatic heterocycles. The number of pyridine rings is 1. The first-order chi connectivity index (χ1) is 7.49. The molecule has 0 bridgehead atoms. The average molecular weight is 282 g/mol. The van der Waals surface area contributed by atoms with Crippen LogP contribution in [0, 0.1) is 19.8 Å². The molecule has 0 atom stereocenters. The minimum absolute atomic E-state index is 0.582. The summed E-state index contributed by atoms with van der Waals surface area (Å²) in [6.07, 6.45) is 0.923. The minimum Gasteiger partial charge on any atom is -0.212 e. The molecule has 2 heterocycles. The molecular weight excluding hydrogens is 266 g/mol. The summed E-state index contributed by atoms with van der Waals surface area (Å²) >= 11 is 3.57. The van der Waals surface area contributed by atoms with Gasteiger partial charge in [0.15, 0.2) is 11.5 Å². The molecule has 0 aliphatic carbocycles. The van der Waals surface area contributed by atoms with E-state index in [1.165, 1.54) is 11.1 Å². The topological polar surface area (TPSA) is 30.2 Å². The van der Waals surface area contributed by atoms with Crippen LogP contribution in [-0.2, 0) is 6.42 Å². The summed E-state index contributed by atoms with van der Waals surface area (Å²) in [5, 5.41) is 4.51. The van der Waals surface area contributed by atoms with Gasteiger partial charge in [0.25, 0.3) is 0 Å². The fourth-order valence-corrected chi connectivity index (χ4v) is 2.26. The quantitative estimate of drug-likeness (QED) is 0.791. The Hall–Kier alpha value is -0.900. The molecule has 0 N–H and O–H groups in total. The van der Waals surface area contributed by atoms with Crippen molar-refractivity contribution >= 4 is 21.6 Å². The molecule has 0 fully saturated rings. The SMILES string of the molecule is Cc1cc2nc(CC(C)C)nn2c(Br)c1C. The van der Waals surface area contributed by atoms with E-state index in [0.29, 0.717) is 5.92 Å². The number of aryl methyl sites for hydroxylation is 1. The maximum absolute atomic E-state index is 4.54. The molecule has 0 aliphatic rings. The van der Waals surface area contributed by atoms with Crippen molar-refractivity contribution in [2.45, 2.75) is 34.1 Å². The van der Waals surface area contributed by atoms with Crippen LogP contribution in [0.25, 0.3) is 5.65 Å². The molecule has 0 aromatic carbocycles. The van der Waals surface area contributed by atoms with Crippen LogP contribution in [0.5, 0.6) is 0 Å². The zero-order chi connectivity index (χ0) is 11.9. The monoisotopic (exact) mass is 281 g/mol. The Morgan fingerprint density at radius 2 is 2.06 bits per heavy atom. The van der Waals surface area contributed by atoms with Gasteiger partial charge in [0, 0.05) is 6.42 Å². The van der Waals surface area contributed by atoms with E-state index < -0.39 is 0 Å². The van der Waals surface area contributed by atoms with Crippen LogP contribution >= 0.6 is 15.9 Å². The fraction of sp³-hybridized carbons (Fsp3) is 0.500. The number of hydrogen-bond donors (Lipinski definition) is 0. The Balaban J connectivity index is 2.57. The number of fused-ring (bicyclic) bond motifs is 1. The molecule has 0 radical (unpaired) electrons. The molecule has 2 rings (SSSR count). The second-order valence-corrected chi connectivity index (χ2v) is 5.39. The van der Waals surface area contributed by atoms with Gasteiger partial charge in [-0.25, -0.2) is 9.50 Å². The molecule has 86 valence electrons. The number of nitrogens with zero attached hydrogens (tertiary/aromatic N) is 3. The number of halogens is 1. The van der Waals surface area contributed by atoms with Crippen molar-refractivity contribution in [3.05, 3.63) is 27.6 Å². The minimum atomic E-state index is 0.582. The zero-order valence-electron chi connectivity index (χ0n) is 10.1. The summed E-state index contributed by atoms with van der Waals surface area (Å²) in [7, 11) is 0. The lowest BCUT2D eigenvalue weighted by atomic mass is 10.1. The fourth-order valence-electron chi connectivity index (χ4n) is 1.68. The van der Waals surface area contributed by atoms with Crippen molar-refractivity contribution in [1.82, 2.24) is 14.6 Å². The predicted molar refractivity (Wildman–Crippen MR) is 68.7 cm³/mol. The maximum atomic E-state index is 4.54.